The molecule has 1 aliphatic rings. The Kier molecular flexibility index (Phi) is 4.63. The Balaban J connectivity index is 0.00000112. The SMILES string of the molecule is CSc1nccc(N2CC[C@@H](N)C2)n1.Cl. The maximum Gasteiger partial charge on any atom is 0.189 e. The number of thioether (sulfide) groups is 1. The highest BCUT2D eigenvalue weighted by Gasteiger charge is 2.20. The molecule has 1 saturated heterocycles. The fourth-order valence-corrected chi connectivity index (χ4v) is 1.95. The molecule has 15 heavy (non-hydrogen) atoms. The maximum atomic E-state index is 5.84. The molecule has 1 aromatic rings. The number of hydrogen-bond acceptors (Lipinski definition) is 5. The van der Waals surface area contributed by atoms with Crippen molar-refractivity contribution in [3.8, 4) is 0 Å². The van der Waals surface area contributed by atoms with Gasteiger partial charge in [0.2, 0.25) is 0 Å². The highest BCUT2D eigenvalue weighted by molar-refractivity contribution is 7.98. The molecule has 84 valence electrons. The van der Waals surface area contributed by atoms with Gasteiger partial charge in [0.05, 0.1) is 0 Å². The summed E-state index contributed by atoms with van der Waals surface area (Å²) in [4.78, 5) is 10.8. The molecular weight excluding hydrogens is 232 g/mol. The summed E-state index contributed by atoms with van der Waals surface area (Å²) >= 11 is 1.56. The fraction of sp³-hybridized carbons (Fsp3) is 0.556. The van der Waals surface area contributed by atoms with Gasteiger partial charge in [-0.1, -0.05) is 11.8 Å². The number of hydrogen-bond donors (Lipinski definition) is 1. The van der Waals surface area contributed by atoms with Crippen LogP contribution in [0.5, 0.6) is 0 Å². The van der Waals surface area contributed by atoms with Crippen LogP contribution in [0.1, 0.15) is 6.42 Å². The first-order valence-electron chi connectivity index (χ1n) is 4.67. The van der Waals surface area contributed by atoms with Crippen molar-refractivity contribution < 1.29 is 0 Å². The second-order valence-corrected chi connectivity index (χ2v) is 4.17. The maximum absolute atomic E-state index is 5.84. The Morgan fingerprint density at radius 3 is 3.00 bits per heavy atom. The minimum Gasteiger partial charge on any atom is -0.355 e. The molecule has 6 heteroatoms. The molecule has 2 heterocycles. The zero-order valence-electron chi connectivity index (χ0n) is 8.59. The van der Waals surface area contributed by atoms with Crippen LogP contribution in [0.3, 0.4) is 0 Å². The highest BCUT2D eigenvalue weighted by atomic mass is 35.5. The van der Waals surface area contributed by atoms with Crippen LogP contribution in [-0.2, 0) is 0 Å². The second-order valence-electron chi connectivity index (χ2n) is 3.40. The quantitative estimate of drug-likeness (QED) is 0.627. The van der Waals surface area contributed by atoms with Gasteiger partial charge in [0.15, 0.2) is 5.16 Å². The van der Waals surface area contributed by atoms with Crippen LogP contribution in [0, 0.1) is 0 Å². The summed E-state index contributed by atoms with van der Waals surface area (Å²) in [7, 11) is 0. The third-order valence-corrected chi connectivity index (χ3v) is 2.91. The first-order chi connectivity index (χ1) is 6.79. The molecule has 0 saturated carbocycles. The van der Waals surface area contributed by atoms with Gasteiger partial charge in [-0.3, -0.25) is 0 Å². The van der Waals surface area contributed by atoms with Crippen LogP contribution in [0.15, 0.2) is 17.4 Å². The summed E-state index contributed by atoms with van der Waals surface area (Å²) < 4.78 is 0. The van der Waals surface area contributed by atoms with Crippen LogP contribution in [0.4, 0.5) is 5.82 Å². The van der Waals surface area contributed by atoms with Gasteiger partial charge < -0.3 is 10.6 Å². The van der Waals surface area contributed by atoms with E-state index in [0.717, 1.165) is 30.5 Å². The van der Waals surface area contributed by atoms with Crippen LogP contribution < -0.4 is 10.6 Å². The Morgan fingerprint density at radius 2 is 2.40 bits per heavy atom. The van der Waals surface area contributed by atoms with Crippen LogP contribution >= 0.6 is 24.2 Å². The minimum absolute atomic E-state index is 0. The molecule has 0 radical (unpaired) electrons. The van der Waals surface area contributed by atoms with Crippen molar-refractivity contribution >= 4 is 30.0 Å². The summed E-state index contributed by atoms with van der Waals surface area (Å²) in [6, 6.07) is 2.24. The lowest BCUT2D eigenvalue weighted by atomic mass is 10.3. The molecule has 4 nitrogen and oxygen atoms in total. The lowest BCUT2D eigenvalue weighted by Crippen LogP contribution is -2.26. The number of aromatic nitrogens is 2. The van der Waals surface area contributed by atoms with Gasteiger partial charge >= 0.3 is 0 Å². The van der Waals surface area contributed by atoms with E-state index in [1.54, 1.807) is 18.0 Å². The van der Waals surface area contributed by atoms with Gasteiger partial charge in [0, 0.05) is 25.3 Å². The van der Waals surface area contributed by atoms with Gasteiger partial charge in [-0.25, -0.2) is 9.97 Å². The van der Waals surface area contributed by atoms with E-state index in [0.29, 0.717) is 6.04 Å². The number of rotatable bonds is 2. The molecule has 0 bridgehead atoms. The summed E-state index contributed by atoms with van der Waals surface area (Å²) in [5.74, 6) is 0.998. The Bertz CT molecular complexity index is 323. The molecule has 1 aliphatic heterocycles. The third kappa shape index (κ3) is 2.96. The molecular formula is C9H15ClN4S. The minimum atomic E-state index is 0. The van der Waals surface area contributed by atoms with Gasteiger partial charge in [-0.15, -0.1) is 12.4 Å². The smallest absolute Gasteiger partial charge is 0.189 e. The monoisotopic (exact) mass is 246 g/mol. The standard InChI is InChI=1S/C9H14N4S.ClH/c1-14-9-11-4-2-8(12-9)13-5-3-7(10)6-13;/h2,4,7H,3,5-6,10H2,1H3;1H/t7-;/m1./s1. The van der Waals surface area contributed by atoms with Crippen molar-refractivity contribution in [1.82, 2.24) is 9.97 Å². The zero-order valence-corrected chi connectivity index (χ0v) is 10.2. The van der Waals surface area contributed by atoms with Crippen molar-refractivity contribution in [1.29, 1.82) is 0 Å². The van der Waals surface area contributed by atoms with Gasteiger partial charge in [0.25, 0.3) is 0 Å². The van der Waals surface area contributed by atoms with E-state index < -0.39 is 0 Å². The molecule has 2 N–H and O–H groups in total. The molecule has 2 rings (SSSR count). The average Bonchev–Trinajstić information content (AvgIpc) is 2.65. The topological polar surface area (TPSA) is 55.0 Å². The molecule has 0 aliphatic carbocycles. The number of halogens is 1. The zero-order chi connectivity index (χ0) is 9.97. The Morgan fingerprint density at radius 1 is 1.60 bits per heavy atom. The number of anilines is 1. The van der Waals surface area contributed by atoms with Crippen molar-refractivity contribution in [3.05, 3.63) is 12.3 Å². The molecule has 0 spiro atoms. The van der Waals surface area contributed by atoms with E-state index in [1.165, 1.54) is 0 Å². The largest absolute Gasteiger partial charge is 0.355 e. The lowest BCUT2D eigenvalue weighted by molar-refractivity contribution is 0.750. The van der Waals surface area contributed by atoms with Gasteiger partial charge in [-0.05, 0) is 18.7 Å². The fourth-order valence-electron chi connectivity index (χ4n) is 1.60. The second kappa shape index (κ2) is 5.53. The average molecular weight is 247 g/mol. The van der Waals surface area contributed by atoms with Crippen molar-refractivity contribution in [2.45, 2.75) is 17.6 Å². The summed E-state index contributed by atoms with van der Waals surface area (Å²) in [5.41, 5.74) is 5.84. The van der Waals surface area contributed by atoms with Gasteiger partial charge in [0.1, 0.15) is 5.82 Å². The van der Waals surface area contributed by atoms with E-state index in [-0.39, 0.29) is 12.4 Å². The number of nitrogens with two attached hydrogens (primary N) is 1. The summed E-state index contributed by atoms with van der Waals surface area (Å²) in [5, 5.41) is 0.822. The molecule has 1 fully saturated rings. The van der Waals surface area contributed by atoms with E-state index in [4.69, 9.17) is 5.73 Å². The first kappa shape index (κ1) is 12.5. The van der Waals surface area contributed by atoms with Crippen molar-refractivity contribution in [2.24, 2.45) is 5.73 Å². The molecule has 0 aromatic carbocycles. The first-order valence-corrected chi connectivity index (χ1v) is 5.89. The van der Waals surface area contributed by atoms with Gasteiger partial charge in [-0.2, -0.15) is 0 Å². The van der Waals surface area contributed by atoms with E-state index >= 15 is 0 Å². The van der Waals surface area contributed by atoms with E-state index in [2.05, 4.69) is 14.9 Å². The van der Waals surface area contributed by atoms with Crippen molar-refractivity contribution in [3.63, 3.8) is 0 Å². The van der Waals surface area contributed by atoms with E-state index in [1.807, 2.05) is 12.3 Å². The lowest BCUT2D eigenvalue weighted by Gasteiger charge is -2.16. The van der Waals surface area contributed by atoms with Crippen LogP contribution in [0.2, 0.25) is 0 Å². The van der Waals surface area contributed by atoms with Crippen LogP contribution in [0.25, 0.3) is 0 Å². The molecule has 0 amide bonds. The molecule has 0 unspecified atom stereocenters. The molecule has 1 aromatic heterocycles. The van der Waals surface area contributed by atoms with Crippen molar-refractivity contribution in [2.75, 3.05) is 24.2 Å². The Hall–Kier alpha value is -0.520. The predicted octanol–water partition coefficient (Wildman–Crippen LogP) is 1.16. The Labute approximate surface area is 100 Å². The normalized spacial score (nSPS) is 20.1. The summed E-state index contributed by atoms with van der Waals surface area (Å²) in [6.07, 6.45) is 4.84. The highest BCUT2D eigenvalue weighted by Crippen LogP contribution is 2.18. The predicted molar refractivity (Wildman–Crippen MR) is 65.9 cm³/mol. The number of nitrogens with zero attached hydrogens (tertiary/aromatic N) is 3. The summed E-state index contributed by atoms with van der Waals surface area (Å²) in [6.45, 7) is 1.91. The molecule has 1 atom stereocenters. The third-order valence-electron chi connectivity index (χ3n) is 2.35. The van der Waals surface area contributed by atoms with E-state index in [9.17, 15) is 0 Å². The van der Waals surface area contributed by atoms with Crippen LogP contribution in [-0.4, -0.2) is 35.4 Å².